The Morgan fingerprint density at radius 3 is 1.78 bits per heavy atom. The Hall–Kier alpha value is -4.32. The number of benzene rings is 1. The van der Waals surface area contributed by atoms with Gasteiger partial charge in [0.05, 0.1) is 6.42 Å². The molecule has 1 amide bonds. The maximum absolute atomic E-state index is 10.4. The molecule has 17 N–H and O–H groups in total. The molecule has 4 atom stereocenters. The quantitative estimate of drug-likeness (QED) is 0.0678. The largest absolute Gasteiger partial charge is 0.480 e. The van der Waals surface area contributed by atoms with Gasteiger partial charge in [0.25, 0.3) is 0 Å². The van der Waals surface area contributed by atoms with Crippen molar-refractivity contribution in [3.8, 4) is 0 Å². The van der Waals surface area contributed by atoms with Crippen LogP contribution >= 0.6 is 0 Å². The Balaban J connectivity index is 0. The van der Waals surface area contributed by atoms with Crippen LogP contribution in [0.3, 0.4) is 0 Å². The molecule has 0 aliphatic carbocycles. The van der Waals surface area contributed by atoms with E-state index in [0.717, 1.165) is 24.9 Å². The lowest BCUT2D eigenvalue weighted by Gasteiger charge is -2.06. The van der Waals surface area contributed by atoms with Gasteiger partial charge in [0.2, 0.25) is 5.91 Å². The number of primary amides is 1. The minimum atomic E-state index is -1.21. The minimum absolute atomic E-state index is 0.112. The number of carbonyl (C=O) groups excluding carboxylic acids is 1. The van der Waals surface area contributed by atoms with E-state index in [2.05, 4.69) is 16.4 Å². The van der Waals surface area contributed by atoms with Crippen LogP contribution in [0.4, 0.5) is 0 Å². The summed E-state index contributed by atoms with van der Waals surface area (Å²) in [4.78, 5) is 50.6. The summed E-state index contributed by atoms with van der Waals surface area (Å²) in [6.07, 6.45) is 2.83. The van der Waals surface area contributed by atoms with E-state index in [1.54, 1.807) is 0 Å². The highest BCUT2D eigenvalue weighted by molar-refractivity contribution is 5.83. The minimum Gasteiger partial charge on any atom is -0.480 e. The number of rotatable bonds is 12. The number of guanidine groups is 1. The summed E-state index contributed by atoms with van der Waals surface area (Å²) >= 11 is 0. The van der Waals surface area contributed by atoms with Crippen LogP contribution in [-0.2, 0) is 30.4 Å². The van der Waals surface area contributed by atoms with Gasteiger partial charge in [0.1, 0.15) is 24.2 Å². The van der Waals surface area contributed by atoms with Gasteiger partial charge >= 0.3 is 23.9 Å². The molecule has 1 fully saturated rings. The fraction of sp³-hybridized carbons (Fsp3) is 0.500. The van der Waals surface area contributed by atoms with Crippen LogP contribution in [0.25, 0.3) is 0 Å². The van der Waals surface area contributed by atoms with Crippen molar-refractivity contribution in [2.24, 2.45) is 28.7 Å². The van der Waals surface area contributed by atoms with Crippen LogP contribution in [0.5, 0.6) is 0 Å². The van der Waals surface area contributed by atoms with Crippen LogP contribution in [0.15, 0.2) is 30.3 Å². The molecule has 1 aromatic rings. The van der Waals surface area contributed by atoms with Gasteiger partial charge in [0.15, 0.2) is 5.96 Å². The maximum Gasteiger partial charge on any atom is 0.321 e. The number of carbonyl (C=O) groups is 5. The Labute approximate surface area is 236 Å². The molecule has 232 valence electrons. The molecule has 1 saturated heterocycles. The highest BCUT2D eigenvalue weighted by Gasteiger charge is 2.20. The van der Waals surface area contributed by atoms with Crippen LogP contribution in [0.1, 0.15) is 37.7 Å². The number of aliphatic carboxylic acids is 4. The van der Waals surface area contributed by atoms with Crippen LogP contribution in [0.2, 0.25) is 0 Å². The second-order valence-corrected chi connectivity index (χ2v) is 8.66. The molecule has 1 aliphatic rings. The number of hydrogen-bond donors (Lipinski definition) is 12. The van der Waals surface area contributed by atoms with Crippen molar-refractivity contribution in [3.05, 3.63) is 35.9 Å². The van der Waals surface area contributed by atoms with Crippen LogP contribution in [0, 0.1) is 5.41 Å². The molecule has 0 unspecified atom stereocenters. The molecule has 0 radical (unpaired) electrons. The van der Waals surface area contributed by atoms with Gasteiger partial charge in [-0.25, -0.2) is 0 Å². The normalized spacial score (nSPS) is 15.4. The summed E-state index contributed by atoms with van der Waals surface area (Å²) in [7, 11) is 0. The van der Waals surface area contributed by atoms with Crippen molar-refractivity contribution in [2.45, 2.75) is 62.7 Å². The van der Waals surface area contributed by atoms with Gasteiger partial charge in [-0.1, -0.05) is 30.3 Å². The lowest BCUT2D eigenvalue weighted by Crippen LogP contribution is -2.34. The molecular formula is C24H42N8O9. The van der Waals surface area contributed by atoms with E-state index in [1.807, 2.05) is 30.3 Å². The molecule has 0 saturated carbocycles. The number of amides is 1. The summed E-state index contributed by atoms with van der Waals surface area (Å²) in [6.45, 7) is 1.34. The maximum atomic E-state index is 10.4. The standard InChI is InChI=1S/C9H11NO2.C6H14N4O2.C5H9NO2.C4H8N2O3/c10-8(9(11)12)6-7-4-2-1-3-5-7;7-4(5(11)12)2-1-3-10-6(8)9;7-5(8)4-2-1-3-6-4;5-2(4(8)9)1-3(6)7/h1-5,8H,6,10H2,(H,11,12);4H,1-3,7H2,(H,11,12)(H4,8,9,10);4,6H,1-3H2,(H,7,8);2H,1,5H2,(H2,6,7)(H,8,9)/t8-;2*4-;2-/m0000/s1. The van der Waals surface area contributed by atoms with Gasteiger partial charge in [-0.05, 0) is 44.2 Å². The monoisotopic (exact) mass is 586 g/mol. The summed E-state index contributed by atoms with van der Waals surface area (Å²) in [6, 6.07) is 6.29. The highest BCUT2D eigenvalue weighted by Crippen LogP contribution is 2.03. The van der Waals surface area contributed by atoms with E-state index in [1.165, 1.54) is 0 Å². The summed E-state index contributed by atoms with van der Waals surface area (Å²) < 4.78 is 0. The summed E-state index contributed by atoms with van der Waals surface area (Å²) in [5.74, 6) is -4.71. The zero-order chi connectivity index (χ0) is 32.0. The van der Waals surface area contributed by atoms with Crippen molar-refractivity contribution < 1.29 is 44.4 Å². The number of carboxylic acids is 4. The summed E-state index contributed by atoms with van der Waals surface area (Å²) in [5, 5.41) is 45.5. The Kier molecular flexibility index (Phi) is 21.3. The Morgan fingerprint density at radius 2 is 1.44 bits per heavy atom. The molecule has 1 aromatic carbocycles. The van der Waals surface area contributed by atoms with Crippen molar-refractivity contribution >= 4 is 35.7 Å². The molecule has 1 heterocycles. The zero-order valence-corrected chi connectivity index (χ0v) is 22.6. The third-order valence-corrected chi connectivity index (χ3v) is 5.04. The third-order valence-electron chi connectivity index (χ3n) is 5.04. The number of nitrogens with two attached hydrogens (primary N) is 5. The van der Waals surface area contributed by atoms with Crippen molar-refractivity contribution in [3.63, 3.8) is 0 Å². The zero-order valence-electron chi connectivity index (χ0n) is 22.6. The predicted octanol–water partition coefficient (Wildman–Crippen LogP) is -2.60. The highest BCUT2D eigenvalue weighted by atomic mass is 16.4. The first-order chi connectivity index (χ1) is 19.1. The lowest BCUT2D eigenvalue weighted by atomic mass is 10.1. The molecule has 0 spiro atoms. The SMILES string of the molecule is N=C(N)NCCC[C@H](N)C(=O)O.NC(=O)C[C@H](N)C(=O)O.N[C@@H](Cc1ccccc1)C(=O)O.O=C(O)[C@@H]1CCCN1. The van der Waals surface area contributed by atoms with E-state index in [-0.39, 0.29) is 18.4 Å². The second-order valence-electron chi connectivity index (χ2n) is 8.66. The van der Waals surface area contributed by atoms with E-state index < -0.39 is 47.9 Å². The van der Waals surface area contributed by atoms with Crippen LogP contribution in [-0.4, -0.2) is 93.4 Å². The molecule has 2 rings (SSSR count). The van der Waals surface area contributed by atoms with Gasteiger partial charge in [-0.2, -0.15) is 0 Å². The fourth-order valence-electron chi connectivity index (χ4n) is 2.82. The first-order valence-electron chi connectivity index (χ1n) is 12.4. The molecular weight excluding hydrogens is 544 g/mol. The first-order valence-corrected chi connectivity index (χ1v) is 12.4. The Bertz CT molecular complexity index is 960. The van der Waals surface area contributed by atoms with E-state index in [0.29, 0.717) is 25.8 Å². The molecule has 0 aromatic heterocycles. The molecule has 41 heavy (non-hydrogen) atoms. The number of hydrogen-bond acceptors (Lipinski definition) is 10. The van der Waals surface area contributed by atoms with Crippen molar-refractivity contribution in [1.82, 2.24) is 10.6 Å². The average molecular weight is 587 g/mol. The van der Waals surface area contributed by atoms with E-state index in [9.17, 15) is 24.0 Å². The van der Waals surface area contributed by atoms with Crippen molar-refractivity contribution in [2.75, 3.05) is 13.1 Å². The number of nitrogens with one attached hydrogen (secondary N) is 3. The topological polar surface area (TPSA) is 344 Å². The van der Waals surface area contributed by atoms with E-state index in [4.69, 9.17) is 48.8 Å². The van der Waals surface area contributed by atoms with E-state index >= 15 is 0 Å². The third kappa shape index (κ3) is 23.3. The fourth-order valence-corrected chi connectivity index (χ4v) is 2.82. The molecule has 17 nitrogen and oxygen atoms in total. The number of carboxylic acid groups (broad SMARTS) is 4. The average Bonchev–Trinajstić information content (AvgIpc) is 3.43. The molecule has 0 bridgehead atoms. The Morgan fingerprint density at radius 1 is 0.902 bits per heavy atom. The van der Waals surface area contributed by atoms with Gasteiger partial charge in [0, 0.05) is 6.54 Å². The smallest absolute Gasteiger partial charge is 0.321 e. The van der Waals surface area contributed by atoms with Gasteiger partial charge < -0.3 is 59.7 Å². The lowest BCUT2D eigenvalue weighted by molar-refractivity contribution is -0.140. The van der Waals surface area contributed by atoms with Gasteiger partial charge in [-0.3, -0.25) is 29.4 Å². The molecule has 17 heteroatoms. The van der Waals surface area contributed by atoms with Crippen molar-refractivity contribution in [1.29, 1.82) is 5.41 Å². The van der Waals surface area contributed by atoms with Gasteiger partial charge in [-0.15, -0.1) is 0 Å². The predicted molar refractivity (Wildman–Crippen MR) is 149 cm³/mol. The molecule has 1 aliphatic heterocycles. The second kappa shape index (κ2) is 22.5. The summed E-state index contributed by atoms with van der Waals surface area (Å²) in [5.41, 5.74) is 26.1. The van der Waals surface area contributed by atoms with Crippen LogP contribution < -0.4 is 39.3 Å². The first kappa shape index (κ1) is 38.8.